The van der Waals surface area contributed by atoms with Gasteiger partial charge >= 0.3 is 0 Å². The quantitative estimate of drug-likeness (QED) is 0.627. The Balaban J connectivity index is 1.74. The maximum Gasteiger partial charge on any atom is 0.232 e. The van der Waals surface area contributed by atoms with Crippen molar-refractivity contribution in [3.63, 3.8) is 0 Å². The first-order chi connectivity index (χ1) is 13.8. The number of hydrogen-bond acceptors (Lipinski definition) is 6. The van der Waals surface area contributed by atoms with Gasteiger partial charge in [-0.15, -0.1) is 0 Å². The van der Waals surface area contributed by atoms with Gasteiger partial charge in [-0.2, -0.15) is 0 Å². The van der Waals surface area contributed by atoms with E-state index in [9.17, 15) is 9.00 Å². The highest BCUT2D eigenvalue weighted by Gasteiger charge is 2.19. The predicted molar refractivity (Wildman–Crippen MR) is 118 cm³/mol. The number of thiazole rings is 1. The summed E-state index contributed by atoms with van der Waals surface area (Å²) in [7, 11) is 1.98. The molecule has 0 spiro atoms. The molecule has 0 aliphatic rings. The number of benzene rings is 1. The Morgan fingerprint density at radius 3 is 2.62 bits per heavy atom. The standard InChI is InChI=1S/C20H23N5O2S2/c1-12-9-16(18(21)23-11-12)15-7-5-14(6-8-15)10-17(26)25(4)20-24-13(2)19(28-20)29(27)22-3/h5-9,11,22H,10H2,1-4H3,(H2,21,23). The molecule has 2 aromatic heterocycles. The normalized spacial score (nSPS) is 12.0. The summed E-state index contributed by atoms with van der Waals surface area (Å²) >= 11 is 1.25. The number of nitrogens with one attached hydrogen (secondary N) is 1. The zero-order valence-electron chi connectivity index (χ0n) is 16.7. The molecule has 152 valence electrons. The molecule has 3 aromatic rings. The van der Waals surface area contributed by atoms with Gasteiger partial charge in [0.15, 0.2) is 5.13 Å². The van der Waals surface area contributed by atoms with Gasteiger partial charge in [0.1, 0.15) is 21.0 Å². The Morgan fingerprint density at radius 1 is 1.28 bits per heavy atom. The molecule has 2 heterocycles. The number of carbonyl (C=O) groups is 1. The second-order valence-electron chi connectivity index (χ2n) is 6.61. The number of aryl methyl sites for hydroxylation is 2. The Bertz CT molecular complexity index is 1060. The average molecular weight is 430 g/mol. The lowest BCUT2D eigenvalue weighted by atomic mass is 10.0. The van der Waals surface area contributed by atoms with Gasteiger partial charge in [0.2, 0.25) is 5.91 Å². The second kappa shape index (κ2) is 8.81. The monoisotopic (exact) mass is 429 g/mol. The van der Waals surface area contributed by atoms with Gasteiger partial charge in [-0.3, -0.25) is 9.69 Å². The largest absolute Gasteiger partial charge is 0.383 e. The van der Waals surface area contributed by atoms with Crippen LogP contribution in [0.5, 0.6) is 0 Å². The maximum absolute atomic E-state index is 12.7. The number of anilines is 2. The molecule has 7 nitrogen and oxygen atoms in total. The number of nitrogens with two attached hydrogens (primary N) is 1. The first-order valence-corrected chi connectivity index (χ1v) is 10.9. The van der Waals surface area contributed by atoms with E-state index in [0.29, 0.717) is 20.9 Å². The first-order valence-electron chi connectivity index (χ1n) is 8.94. The van der Waals surface area contributed by atoms with E-state index in [1.165, 1.54) is 16.2 Å². The third-order valence-corrected chi connectivity index (χ3v) is 7.17. The van der Waals surface area contributed by atoms with Crippen molar-refractivity contribution in [2.45, 2.75) is 24.5 Å². The summed E-state index contributed by atoms with van der Waals surface area (Å²) < 4.78 is 15.3. The molecule has 1 unspecified atom stereocenters. The van der Waals surface area contributed by atoms with E-state index in [-0.39, 0.29) is 12.3 Å². The summed E-state index contributed by atoms with van der Waals surface area (Å²) in [4.78, 5) is 22.8. The molecule has 0 saturated heterocycles. The number of aromatic nitrogens is 2. The summed E-state index contributed by atoms with van der Waals surface area (Å²) in [6.45, 7) is 3.75. The molecular formula is C20H23N5O2S2. The number of rotatable bonds is 6. The Hall–Kier alpha value is -2.62. The lowest BCUT2D eigenvalue weighted by Gasteiger charge is -2.14. The number of carbonyl (C=O) groups excluding carboxylic acids is 1. The highest BCUT2D eigenvalue weighted by molar-refractivity contribution is 7.85. The molecule has 0 saturated carbocycles. The van der Waals surface area contributed by atoms with Crippen LogP contribution in [0.4, 0.5) is 10.9 Å². The summed E-state index contributed by atoms with van der Waals surface area (Å²) in [5, 5.41) is 0.529. The number of hydrogen-bond donors (Lipinski definition) is 2. The van der Waals surface area contributed by atoms with Crippen LogP contribution in [0.3, 0.4) is 0 Å². The number of pyridine rings is 1. The Kier molecular flexibility index (Phi) is 6.41. The second-order valence-corrected chi connectivity index (χ2v) is 9.20. The van der Waals surface area contributed by atoms with E-state index in [1.54, 1.807) is 27.2 Å². The van der Waals surface area contributed by atoms with Crippen molar-refractivity contribution in [1.82, 2.24) is 14.7 Å². The van der Waals surface area contributed by atoms with Crippen LogP contribution in [-0.2, 0) is 22.2 Å². The molecule has 0 aliphatic carbocycles. The molecule has 1 atom stereocenters. The zero-order valence-corrected chi connectivity index (χ0v) is 18.4. The van der Waals surface area contributed by atoms with Crippen molar-refractivity contribution in [2.24, 2.45) is 0 Å². The summed E-state index contributed by atoms with van der Waals surface area (Å²) in [5.74, 6) is 0.387. The van der Waals surface area contributed by atoms with Crippen molar-refractivity contribution in [3.8, 4) is 11.1 Å². The topological polar surface area (TPSA) is 101 Å². The van der Waals surface area contributed by atoms with Crippen molar-refractivity contribution in [1.29, 1.82) is 0 Å². The number of amides is 1. The molecule has 0 bridgehead atoms. The molecular weight excluding hydrogens is 406 g/mol. The highest BCUT2D eigenvalue weighted by atomic mass is 32.2. The first kappa shape index (κ1) is 21.1. The molecule has 0 fully saturated rings. The summed E-state index contributed by atoms with van der Waals surface area (Å²) in [6.07, 6.45) is 1.97. The summed E-state index contributed by atoms with van der Waals surface area (Å²) in [5.41, 5.74) is 10.4. The lowest BCUT2D eigenvalue weighted by molar-refractivity contribution is -0.117. The third kappa shape index (κ3) is 4.69. The fourth-order valence-electron chi connectivity index (χ4n) is 2.79. The van der Waals surface area contributed by atoms with Crippen molar-refractivity contribution in [3.05, 3.63) is 53.3 Å². The van der Waals surface area contributed by atoms with Crippen LogP contribution in [0.15, 0.2) is 40.7 Å². The molecule has 0 radical (unpaired) electrons. The molecule has 1 amide bonds. The van der Waals surface area contributed by atoms with Gasteiger partial charge in [0.25, 0.3) is 0 Å². The molecule has 3 rings (SSSR count). The van der Waals surface area contributed by atoms with Crippen LogP contribution in [0.25, 0.3) is 11.1 Å². The van der Waals surface area contributed by atoms with Gasteiger partial charge in [-0.1, -0.05) is 35.6 Å². The van der Waals surface area contributed by atoms with Crippen LogP contribution < -0.4 is 15.4 Å². The van der Waals surface area contributed by atoms with E-state index >= 15 is 0 Å². The molecule has 29 heavy (non-hydrogen) atoms. The lowest BCUT2D eigenvalue weighted by Crippen LogP contribution is -2.27. The van der Waals surface area contributed by atoms with Gasteiger partial charge < -0.3 is 5.73 Å². The summed E-state index contributed by atoms with van der Waals surface area (Å²) in [6, 6.07) is 9.71. The predicted octanol–water partition coefficient (Wildman–Crippen LogP) is 2.85. The smallest absolute Gasteiger partial charge is 0.232 e. The van der Waals surface area contributed by atoms with E-state index in [0.717, 1.165) is 22.3 Å². The van der Waals surface area contributed by atoms with Gasteiger partial charge in [0, 0.05) is 18.8 Å². The van der Waals surface area contributed by atoms with E-state index in [1.807, 2.05) is 37.3 Å². The van der Waals surface area contributed by atoms with E-state index in [4.69, 9.17) is 5.73 Å². The van der Waals surface area contributed by atoms with E-state index in [2.05, 4.69) is 14.7 Å². The molecule has 1 aromatic carbocycles. The fourth-order valence-corrected chi connectivity index (χ4v) is 4.85. The van der Waals surface area contributed by atoms with Crippen LogP contribution >= 0.6 is 11.3 Å². The Labute approximate surface area is 176 Å². The third-order valence-electron chi connectivity index (χ3n) is 4.43. The number of nitrogens with zero attached hydrogens (tertiary/aromatic N) is 3. The minimum atomic E-state index is -1.32. The minimum absolute atomic E-state index is 0.0926. The Morgan fingerprint density at radius 2 is 1.97 bits per heavy atom. The zero-order chi connectivity index (χ0) is 21.1. The van der Waals surface area contributed by atoms with Crippen molar-refractivity contribution >= 4 is 39.2 Å². The van der Waals surface area contributed by atoms with E-state index < -0.39 is 11.0 Å². The van der Waals surface area contributed by atoms with Crippen LogP contribution in [0.2, 0.25) is 0 Å². The van der Waals surface area contributed by atoms with Crippen LogP contribution in [0, 0.1) is 13.8 Å². The number of likely N-dealkylation sites (N-methyl/N-ethyl adjacent to an activating group) is 1. The van der Waals surface area contributed by atoms with Crippen molar-refractivity contribution in [2.75, 3.05) is 24.7 Å². The SMILES string of the molecule is CNS(=O)c1sc(N(C)C(=O)Cc2ccc(-c3cc(C)cnc3N)cc2)nc1C. The highest BCUT2D eigenvalue weighted by Crippen LogP contribution is 2.28. The molecule has 0 aliphatic heterocycles. The van der Waals surface area contributed by atoms with Crippen molar-refractivity contribution < 1.29 is 9.00 Å². The van der Waals surface area contributed by atoms with Gasteiger partial charge in [-0.25, -0.2) is 18.9 Å². The van der Waals surface area contributed by atoms with Gasteiger partial charge in [0.05, 0.1) is 12.1 Å². The molecule has 3 N–H and O–H groups in total. The molecule has 9 heteroatoms. The van der Waals surface area contributed by atoms with Crippen LogP contribution in [-0.4, -0.2) is 34.2 Å². The maximum atomic E-state index is 12.7. The minimum Gasteiger partial charge on any atom is -0.383 e. The van der Waals surface area contributed by atoms with Gasteiger partial charge in [-0.05, 0) is 43.7 Å². The fraction of sp³-hybridized carbons (Fsp3) is 0.250. The average Bonchev–Trinajstić information content (AvgIpc) is 3.10. The van der Waals surface area contributed by atoms with Crippen LogP contribution in [0.1, 0.15) is 16.8 Å². The number of nitrogen functional groups attached to an aromatic ring is 1.